The molecular formula is C31H40N4O. The molecule has 3 aliphatic heterocycles. The number of hydrogen-bond donors (Lipinski definition) is 1. The summed E-state index contributed by atoms with van der Waals surface area (Å²) >= 11 is 0. The molecule has 2 aromatic carbocycles. The van der Waals surface area contributed by atoms with Crippen LogP contribution in [0.1, 0.15) is 43.6 Å². The van der Waals surface area contributed by atoms with E-state index in [1.165, 1.54) is 80.4 Å². The second-order valence-corrected chi connectivity index (χ2v) is 11.8. The normalized spacial score (nSPS) is 22.9. The standard InChI is InChI=1S/C31H40N4O/c1-2-8-24(9-3-1)29-25-10-4-6-12-27(25)35-22-31(23-36-28-13-7-5-11-26(28)30(29)35)20-34(21-31)19-18-33-16-14-32-15-17-33/h4-7,10-13,24,32H,1-3,8-9,14-23H2. The molecule has 4 heterocycles. The summed E-state index contributed by atoms with van der Waals surface area (Å²) in [4.78, 5) is 5.27. The number of nitrogens with one attached hydrogen (secondary N) is 1. The van der Waals surface area contributed by atoms with Gasteiger partial charge in [0.25, 0.3) is 0 Å². The molecule has 1 spiro atoms. The Morgan fingerprint density at radius 3 is 2.44 bits per heavy atom. The summed E-state index contributed by atoms with van der Waals surface area (Å²) < 4.78 is 9.37. The van der Waals surface area contributed by atoms with Gasteiger partial charge in [-0.25, -0.2) is 0 Å². The molecule has 0 atom stereocenters. The van der Waals surface area contributed by atoms with Crippen LogP contribution in [0.3, 0.4) is 0 Å². The first-order chi connectivity index (χ1) is 17.8. The van der Waals surface area contributed by atoms with Crippen molar-refractivity contribution in [2.24, 2.45) is 5.41 Å². The van der Waals surface area contributed by atoms with Crippen LogP contribution in [0, 0.1) is 5.41 Å². The Morgan fingerprint density at radius 1 is 0.833 bits per heavy atom. The molecule has 190 valence electrons. The number of fused-ring (bicyclic) bond motifs is 5. The number of para-hydroxylation sites is 2. The summed E-state index contributed by atoms with van der Waals surface area (Å²) in [5, 5.41) is 4.95. The molecule has 0 unspecified atom stereocenters. The summed E-state index contributed by atoms with van der Waals surface area (Å²) in [6, 6.07) is 18.0. The smallest absolute Gasteiger partial charge is 0.128 e. The van der Waals surface area contributed by atoms with Crippen molar-refractivity contribution in [3.63, 3.8) is 0 Å². The zero-order valence-corrected chi connectivity index (χ0v) is 21.6. The number of ether oxygens (including phenoxy) is 1. The number of aromatic nitrogens is 1. The monoisotopic (exact) mass is 484 g/mol. The van der Waals surface area contributed by atoms with Crippen molar-refractivity contribution < 1.29 is 4.74 Å². The third-order valence-corrected chi connectivity index (χ3v) is 9.25. The van der Waals surface area contributed by atoms with Crippen LogP contribution in [0.5, 0.6) is 5.75 Å². The van der Waals surface area contributed by atoms with Gasteiger partial charge in [-0.3, -0.25) is 4.90 Å². The van der Waals surface area contributed by atoms with E-state index in [1.807, 2.05) is 0 Å². The van der Waals surface area contributed by atoms with Crippen LogP contribution in [-0.2, 0) is 6.54 Å². The molecule has 2 saturated heterocycles. The number of rotatable bonds is 4. The van der Waals surface area contributed by atoms with Gasteiger partial charge in [0.2, 0.25) is 0 Å². The maximum Gasteiger partial charge on any atom is 0.128 e. The van der Waals surface area contributed by atoms with E-state index in [0.29, 0.717) is 5.92 Å². The van der Waals surface area contributed by atoms with Gasteiger partial charge in [-0.15, -0.1) is 0 Å². The van der Waals surface area contributed by atoms with E-state index in [-0.39, 0.29) is 5.41 Å². The average Bonchev–Trinajstić information content (AvgIpc) is 3.22. The van der Waals surface area contributed by atoms with Gasteiger partial charge in [-0.05, 0) is 42.5 Å². The molecule has 0 amide bonds. The number of nitrogens with zero attached hydrogens (tertiary/aromatic N) is 3. The van der Waals surface area contributed by atoms with Gasteiger partial charge in [0.1, 0.15) is 5.75 Å². The Hall–Kier alpha value is -2.34. The SMILES string of the molecule is c1ccc2c(c1)OCC1(CN(CCN3CCNCC3)C1)Cn1c-2c(C2CCCCC2)c2ccccc21. The van der Waals surface area contributed by atoms with Gasteiger partial charge in [-0.2, -0.15) is 0 Å². The van der Waals surface area contributed by atoms with Gasteiger partial charge in [0.15, 0.2) is 0 Å². The Bertz CT molecular complexity index is 1210. The van der Waals surface area contributed by atoms with Crippen molar-refractivity contribution in [2.45, 2.75) is 44.6 Å². The van der Waals surface area contributed by atoms with Crippen LogP contribution in [0.2, 0.25) is 0 Å². The van der Waals surface area contributed by atoms with Gasteiger partial charge in [0, 0.05) is 80.8 Å². The second kappa shape index (κ2) is 9.51. The lowest BCUT2D eigenvalue weighted by Gasteiger charge is -2.51. The van der Waals surface area contributed by atoms with Crippen molar-refractivity contribution in [3.8, 4) is 17.0 Å². The molecule has 36 heavy (non-hydrogen) atoms. The lowest BCUT2D eigenvalue weighted by atomic mass is 9.79. The van der Waals surface area contributed by atoms with E-state index in [4.69, 9.17) is 4.74 Å². The highest BCUT2D eigenvalue weighted by Gasteiger charge is 2.46. The summed E-state index contributed by atoms with van der Waals surface area (Å²) in [7, 11) is 0. The first kappa shape index (κ1) is 22.8. The number of piperazine rings is 1. The van der Waals surface area contributed by atoms with Crippen LogP contribution in [0.25, 0.3) is 22.2 Å². The van der Waals surface area contributed by atoms with Crippen molar-refractivity contribution in [1.29, 1.82) is 0 Å². The Balaban J connectivity index is 1.24. The van der Waals surface area contributed by atoms with E-state index in [9.17, 15) is 0 Å². The molecule has 1 aromatic heterocycles. The number of benzene rings is 2. The minimum absolute atomic E-state index is 0.178. The molecule has 3 fully saturated rings. The first-order valence-electron chi connectivity index (χ1n) is 14.3. The summed E-state index contributed by atoms with van der Waals surface area (Å²) in [6.45, 7) is 11.1. The third-order valence-electron chi connectivity index (χ3n) is 9.25. The quantitative estimate of drug-likeness (QED) is 0.568. The topological polar surface area (TPSA) is 32.7 Å². The molecule has 3 aromatic rings. The van der Waals surface area contributed by atoms with Crippen molar-refractivity contribution in [2.75, 3.05) is 59.0 Å². The van der Waals surface area contributed by atoms with Crippen LogP contribution in [0.4, 0.5) is 0 Å². The predicted molar refractivity (Wildman–Crippen MR) is 147 cm³/mol. The van der Waals surface area contributed by atoms with Crippen LogP contribution in [-0.4, -0.2) is 73.3 Å². The minimum atomic E-state index is 0.178. The van der Waals surface area contributed by atoms with Crippen LogP contribution >= 0.6 is 0 Å². The Kier molecular flexibility index (Phi) is 6.03. The highest BCUT2D eigenvalue weighted by atomic mass is 16.5. The largest absolute Gasteiger partial charge is 0.492 e. The molecule has 0 bridgehead atoms. The van der Waals surface area contributed by atoms with Crippen LogP contribution < -0.4 is 10.1 Å². The Labute approximate surface area is 215 Å². The first-order valence-corrected chi connectivity index (χ1v) is 14.3. The molecule has 5 nitrogen and oxygen atoms in total. The highest BCUT2D eigenvalue weighted by molar-refractivity contribution is 5.93. The fourth-order valence-corrected chi connectivity index (χ4v) is 7.46. The predicted octanol–water partition coefficient (Wildman–Crippen LogP) is 4.96. The average molecular weight is 485 g/mol. The highest BCUT2D eigenvalue weighted by Crippen LogP contribution is 2.49. The molecule has 1 aliphatic carbocycles. The van der Waals surface area contributed by atoms with Gasteiger partial charge in [-0.1, -0.05) is 49.6 Å². The summed E-state index contributed by atoms with van der Waals surface area (Å²) in [5.74, 6) is 1.72. The van der Waals surface area contributed by atoms with Crippen molar-refractivity contribution in [1.82, 2.24) is 19.7 Å². The summed E-state index contributed by atoms with van der Waals surface area (Å²) in [5.41, 5.74) is 5.92. The molecule has 1 saturated carbocycles. The number of likely N-dealkylation sites (tertiary alicyclic amines) is 1. The number of hydrogen-bond acceptors (Lipinski definition) is 4. The van der Waals surface area contributed by atoms with E-state index in [0.717, 1.165) is 45.1 Å². The maximum atomic E-state index is 6.67. The Morgan fingerprint density at radius 2 is 1.58 bits per heavy atom. The molecule has 0 radical (unpaired) electrons. The van der Waals surface area contributed by atoms with E-state index in [1.54, 1.807) is 5.56 Å². The van der Waals surface area contributed by atoms with Gasteiger partial charge in [0.05, 0.1) is 12.3 Å². The van der Waals surface area contributed by atoms with Crippen molar-refractivity contribution >= 4 is 10.9 Å². The zero-order chi connectivity index (χ0) is 24.0. The molecular weight excluding hydrogens is 444 g/mol. The van der Waals surface area contributed by atoms with Crippen LogP contribution in [0.15, 0.2) is 48.5 Å². The minimum Gasteiger partial charge on any atom is -0.492 e. The van der Waals surface area contributed by atoms with Gasteiger partial charge < -0.3 is 19.5 Å². The third kappa shape index (κ3) is 4.06. The molecule has 4 aliphatic rings. The molecule has 1 N–H and O–H groups in total. The van der Waals surface area contributed by atoms with E-state index in [2.05, 4.69) is 68.2 Å². The van der Waals surface area contributed by atoms with Crippen molar-refractivity contribution in [3.05, 3.63) is 54.1 Å². The van der Waals surface area contributed by atoms with E-state index >= 15 is 0 Å². The van der Waals surface area contributed by atoms with E-state index < -0.39 is 0 Å². The zero-order valence-electron chi connectivity index (χ0n) is 21.6. The lowest BCUT2D eigenvalue weighted by Crippen LogP contribution is -2.62. The fraction of sp³-hybridized carbons (Fsp3) is 0.548. The molecule has 7 rings (SSSR count). The summed E-state index contributed by atoms with van der Waals surface area (Å²) in [6.07, 6.45) is 6.72. The second-order valence-electron chi connectivity index (χ2n) is 11.8. The molecule has 5 heteroatoms. The van der Waals surface area contributed by atoms with Gasteiger partial charge >= 0.3 is 0 Å². The lowest BCUT2D eigenvalue weighted by molar-refractivity contribution is -0.0489. The maximum absolute atomic E-state index is 6.67. The fourth-order valence-electron chi connectivity index (χ4n) is 7.46.